The number of ketones is 1. The highest BCUT2D eigenvalue weighted by Crippen LogP contribution is 2.36. The molecule has 0 radical (unpaired) electrons. The highest BCUT2D eigenvalue weighted by Gasteiger charge is 2.34. The fourth-order valence-electron chi connectivity index (χ4n) is 3.97. The van der Waals surface area contributed by atoms with Gasteiger partial charge in [0.2, 0.25) is 0 Å². The highest BCUT2D eigenvalue weighted by atomic mass is 19.4. The van der Waals surface area contributed by atoms with E-state index in [1.54, 1.807) is 66.9 Å². The summed E-state index contributed by atoms with van der Waals surface area (Å²) in [4.78, 5) is 20.7. The van der Waals surface area contributed by atoms with E-state index >= 15 is 0 Å². The van der Waals surface area contributed by atoms with Crippen LogP contribution >= 0.6 is 0 Å². The zero-order valence-electron chi connectivity index (χ0n) is 19.6. The van der Waals surface area contributed by atoms with Crippen molar-refractivity contribution >= 4 is 28.3 Å². The van der Waals surface area contributed by atoms with Crippen LogP contribution in [0.25, 0.3) is 39.2 Å². The fraction of sp³-hybridized carbons (Fsp3) is 0.154. The third-order valence-electron chi connectivity index (χ3n) is 6.03. The van der Waals surface area contributed by atoms with E-state index in [1.165, 1.54) is 6.20 Å². The van der Waals surface area contributed by atoms with Gasteiger partial charge in [0.05, 0.1) is 28.9 Å². The maximum absolute atomic E-state index is 13.4. The number of carbonyl (C=O) groups excluding carboxylic acids is 1. The molecule has 0 aliphatic rings. The number of nitrogens with zero attached hydrogens (tertiary/aromatic N) is 6. The van der Waals surface area contributed by atoms with Crippen molar-refractivity contribution in [3.8, 4) is 28.6 Å². The Hall–Kier alpha value is -4.85. The normalized spacial score (nSPS) is 12.1. The lowest BCUT2D eigenvalue weighted by molar-refractivity contribution is -0.137. The van der Waals surface area contributed by atoms with E-state index in [2.05, 4.69) is 20.2 Å². The molecular formula is C26H18F3N7O. The number of rotatable bonds is 4. The van der Waals surface area contributed by atoms with Gasteiger partial charge in [-0.15, -0.1) is 10.2 Å². The average Bonchev–Trinajstić information content (AvgIpc) is 3.32. The van der Waals surface area contributed by atoms with E-state index in [4.69, 9.17) is 5.73 Å². The van der Waals surface area contributed by atoms with Gasteiger partial charge in [-0.05, 0) is 37.6 Å². The first-order chi connectivity index (χ1) is 17.5. The largest absolute Gasteiger partial charge is 0.419 e. The second-order valence-electron chi connectivity index (χ2n) is 8.98. The van der Waals surface area contributed by atoms with Crippen LogP contribution in [0.1, 0.15) is 29.8 Å². The molecule has 0 fully saturated rings. The van der Waals surface area contributed by atoms with Crippen LogP contribution < -0.4 is 5.73 Å². The van der Waals surface area contributed by atoms with Crippen molar-refractivity contribution in [2.24, 2.45) is 5.41 Å². The van der Waals surface area contributed by atoms with Crippen LogP contribution in [-0.2, 0) is 6.18 Å². The molecule has 0 bridgehead atoms. The van der Waals surface area contributed by atoms with Crippen LogP contribution in [0.15, 0.2) is 60.9 Å². The first-order valence-electron chi connectivity index (χ1n) is 11.0. The summed E-state index contributed by atoms with van der Waals surface area (Å²) < 4.78 is 41.9. The Kier molecular flexibility index (Phi) is 5.40. The van der Waals surface area contributed by atoms with Gasteiger partial charge < -0.3 is 5.73 Å². The number of aromatic nitrogens is 5. The van der Waals surface area contributed by atoms with E-state index in [0.717, 1.165) is 6.07 Å². The van der Waals surface area contributed by atoms with Crippen molar-refractivity contribution in [3.63, 3.8) is 0 Å². The maximum atomic E-state index is 13.4. The quantitative estimate of drug-likeness (QED) is 0.330. The minimum atomic E-state index is -4.64. The summed E-state index contributed by atoms with van der Waals surface area (Å²) in [6, 6.07) is 14.6. The molecule has 0 atom stereocenters. The van der Waals surface area contributed by atoms with Gasteiger partial charge in [-0.3, -0.25) is 14.2 Å². The second-order valence-corrected chi connectivity index (χ2v) is 8.98. The first-order valence-corrected chi connectivity index (χ1v) is 11.0. The Labute approximate surface area is 208 Å². The lowest BCUT2D eigenvalue weighted by Crippen LogP contribution is -2.22. The van der Waals surface area contributed by atoms with Crippen molar-refractivity contribution in [3.05, 3.63) is 72.1 Å². The molecule has 184 valence electrons. The van der Waals surface area contributed by atoms with Gasteiger partial charge in [-0.25, -0.2) is 4.98 Å². The van der Waals surface area contributed by atoms with Crippen molar-refractivity contribution in [1.29, 1.82) is 5.26 Å². The van der Waals surface area contributed by atoms with Crippen molar-refractivity contribution in [2.45, 2.75) is 20.0 Å². The number of anilines is 1. The zero-order valence-corrected chi connectivity index (χ0v) is 19.6. The predicted molar refractivity (Wildman–Crippen MR) is 130 cm³/mol. The molecule has 0 spiro atoms. The van der Waals surface area contributed by atoms with Crippen molar-refractivity contribution in [1.82, 2.24) is 24.6 Å². The third-order valence-corrected chi connectivity index (χ3v) is 6.03. The summed E-state index contributed by atoms with van der Waals surface area (Å²) in [6.07, 6.45) is -1.82. The molecule has 11 heteroatoms. The molecule has 2 N–H and O–H groups in total. The van der Waals surface area contributed by atoms with Crippen LogP contribution in [-0.4, -0.2) is 30.3 Å². The van der Waals surface area contributed by atoms with Crippen LogP contribution in [0.3, 0.4) is 0 Å². The average molecular weight is 501 g/mol. The molecular weight excluding hydrogens is 483 g/mol. The molecule has 0 aliphatic heterocycles. The maximum Gasteiger partial charge on any atom is 0.419 e. The minimum absolute atomic E-state index is 0.234. The lowest BCUT2D eigenvalue weighted by Gasteiger charge is -2.13. The molecule has 0 amide bonds. The van der Waals surface area contributed by atoms with E-state index in [9.17, 15) is 23.2 Å². The molecule has 0 unspecified atom stereocenters. The second kappa shape index (κ2) is 8.37. The lowest BCUT2D eigenvalue weighted by atomic mass is 9.86. The highest BCUT2D eigenvalue weighted by molar-refractivity contribution is 6.02. The van der Waals surface area contributed by atoms with E-state index in [0.29, 0.717) is 39.2 Å². The summed E-state index contributed by atoms with van der Waals surface area (Å²) >= 11 is 0. The number of fused-ring (bicyclic) bond motifs is 3. The standard InChI is InChI=1S/C26H18F3N7O/c1-25(2,13-30)22(37)14-3-5-15(6-4-14)24-35-34-21-12-32-19-8-7-16(10-20(19)36(21)24)17-9-18(26(27,28)29)23(31)33-11-17/h3-12H,1-2H3,(H2,31,33). The Morgan fingerprint density at radius 2 is 1.65 bits per heavy atom. The monoisotopic (exact) mass is 501 g/mol. The van der Waals surface area contributed by atoms with E-state index < -0.39 is 23.0 Å². The third kappa shape index (κ3) is 4.12. The van der Waals surface area contributed by atoms with Gasteiger partial charge in [0.15, 0.2) is 17.3 Å². The number of halogens is 3. The Morgan fingerprint density at radius 3 is 2.32 bits per heavy atom. The van der Waals surface area contributed by atoms with Crippen LogP contribution in [0.2, 0.25) is 0 Å². The number of nitrogens with two attached hydrogens (primary N) is 1. The van der Waals surface area contributed by atoms with Crippen LogP contribution in [0.4, 0.5) is 19.0 Å². The number of nitriles is 1. The molecule has 5 aromatic rings. The molecule has 8 nitrogen and oxygen atoms in total. The molecule has 37 heavy (non-hydrogen) atoms. The number of nitrogen functional groups attached to an aromatic ring is 1. The van der Waals surface area contributed by atoms with Gasteiger partial charge in [0.25, 0.3) is 0 Å². The summed E-state index contributed by atoms with van der Waals surface area (Å²) in [7, 11) is 0. The Bertz CT molecular complexity index is 1730. The summed E-state index contributed by atoms with van der Waals surface area (Å²) in [5.41, 5.74) is 6.57. The molecule has 3 aromatic heterocycles. The fourth-order valence-corrected chi connectivity index (χ4v) is 3.97. The summed E-state index contributed by atoms with van der Waals surface area (Å²) in [5, 5.41) is 17.7. The molecule has 0 saturated heterocycles. The number of pyridine rings is 1. The summed E-state index contributed by atoms with van der Waals surface area (Å²) in [6.45, 7) is 3.11. The first kappa shape index (κ1) is 23.9. The van der Waals surface area contributed by atoms with Crippen LogP contribution in [0.5, 0.6) is 0 Å². The van der Waals surface area contributed by atoms with E-state index in [-0.39, 0.29) is 11.3 Å². The molecule has 5 rings (SSSR count). The smallest absolute Gasteiger partial charge is 0.383 e. The molecule has 0 saturated carbocycles. The number of carbonyl (C=O) groups is 1. The number of alkyl halides is 3. The minimum Gasteiger partial charge on any atom is -0.383 e. The molecule has 0 aliphatic carbocycles. The number of hydrogen-bond acceptors (Lipinski definition) is 7. The van der Waals surface area contributed by atoms with E-state index in [1.807, 2.05) is 6.07 Å². The van der Waals surface area contributed by atoms with Gasteiger partial charge in [0.1, 0.15) is 11.2 Å². The van der Waals surface area contributed by atoms with Gasteiger partial charge >= 0.3 is 6.18 Å². The van der Waals surface area contributed by atoms with Gasteiger partial charge in [-0.2, -0.15) is 18.4 Å². The zero-order chi connectivity index (χ0) is 26.5. The number of hydrogen-bond donors (Lipinski definition) is 1. The SMILES string of the molecule is CC(C)(C#N)C(=O)c1ccc(-c2nnc3cnc4ccc(-c5cnc(N)c(C(F)(F)F)c5)cc4n23)cc1. The van der Waals surface area contributed by atoms with Gasteiger partial charge in [0, 0.05) is 22.9 Å². The predicted octanol–water partition coefficient (Wildman–Crippen LogP) is 5.34. The summed E-state index contributed by atoms with van der Waals surface area (Å²) in [5.74, 6) is -0.450. The Balaban J connectivity index is 1.64. The van der Waals surface area contributed by atoms with Gasteiger partial charge in [-0.1, -0.05) is 30.3 Å². The van der Waals surface area contributed by atoms with Crippen molar-refractivity contribution in [2.75, 3.05) is 5.73 Å². The topological polar surface area (TPSA) is 123 Å². The number of Topliss-reactive ketones (excluding diaryl/α,β-unsaturated/α-hetero) is 1. The molecule has 2 aromatic carbocycles. The van der Waals surface area contributed by atoms with Crippen LogP contribution in [0, 0.1) is 16.7 Å². The molecule has 3 heterocycles. The number of benzene rings is 2. The Morgan fingerprint density at radius 1 is 0.946 bits per heavy atom. The van der Waals surface area contributed by atoms with Crippen molar-refractivity contribution < 1.29 is 18.0 Å².